The second-order valence-corrected chi connectivity index (χ2v) is 6.87. The molecule has 2 aromatic carbocycles. The molecule has 0 bridgehead atoms. The first kappa shape index (κ1) is 15.8. The molecule has 0 unspecified atom stereocenters. The van der Waals surface area contributed by atoms with Gasteiger partial charge in [-0.05, 0) is 36.2 Å². The van der Waals surface area contributed by atoms with Crippen molar-refractivity contribution in [2.45, 2.75) is 6.92 Å². The highest BCUT2D eigenvalue weighted by Gasteiger charge is 2.21. The van der Waals surface area contributed by atoms with E-state index < -0.39 is 0 Å². The summed E-state index contributed by atoms with van der Waals surface area (Å²) in [5.41, 5.74) is 7.41. The smallest absolute Gasteiger partial charge is 0.227 e. The maximum Gasteiger partial charge on any atom is 0.227 e. The van der Waals surface area contributed by atoms with Crippen LogP contribution in [-0.4, -0.2) is 4.98 Å². The third-order valence-electron chi connectivity index (χ3n) is 5.12. The number of furan rings is 1. The summed E-state index contributed by atoms with van der Waals surface area (Å²) in [6, 6.07) is 23.1. The van der Waals surface area contributed by atoms with Crippen molar-refractivity contribution in [3.63, 3.8) is 0 Å². The van der Waals surface area contributed by atoms with Gasteiger partial charge in [0.1, 0.15) is 7.05 Å². The first-order chi connectivity index (χ1) is 13.2. The molecule has 3 aromatic heterocycles. The van der Waals surface area contributed by atoms with Crippen LogP contribution in [0.3, 0.4) is 0 Å². The van der Waals surface area contributed by atoms with Crippen molar-refractivity contribution in [3.8, 4) is 22.4 Å². The van der Waals surface area contributed by atoms with Gasteiger partial charge in [-0.15, -0.1) is 0 Å². The molecular weight excluding hydrogens is 332 g/mol. The van der Waals surface area contributed by atoms with Crippen LogP contribution < -0.4 is 4.57 Å². The lowest BCUT2D eigenvalue weighted by Crippen LogP contribution is -2.30. The van der Waals surface area contributed by atoms with E-state index in [0.717, 1.165) is 27.6 Å². The zero-order valence-electron chi connectivity index (χ0n) is 15.3. The van der Waals surface area contributed by atoms with Crippen molar-refractivity contribution in [3.05, 3.63) is 84.7 Å². The fourth-order valence-electron chi connectivity index (χ4n) is 3.76. The average molecular weight is 351 g/mol. The molecule has 0 N–H and O–H groups in total. The standard InChI is InChI=1S/C24H19N2O/c1-16-10-12-19-20-9-6-14-25-24(20)27-23(19)22(16)21-13-11-18(15-26(21)2)17-7-4-3-5-8-17/h3-15H,1-2H3/q+1. The Kier molecular flexibility index (Phi) is 3.54. The van der Waals surface area contributed by atoms with Crippen LogP contribution >= 0.6 is 0 Å². The maximum absolute atomic E-state index is 6.16. The van der Waals surface area contributed by atoms with Gasteiger partial charge in [0.05, 0.1) is 5.56 Å². The lowest BCUT2D eigenvalue weighted by molar-refractivity contribution is -0.659. The highest BCUT2D eigenvalue weighted by atomic mass is 16.3. The first-order valence-corrected chi connectivity index (χ1v) is 9.05. The van der Waals surface area contributed by atoms with Crippen LogP contribution in [0, 0.1) is 6.92 Å². The quantitative estimate of drug-likeness (QED) is 0.396. The van der Waals surface area contributed by atoms with E-state index in [9.17, 15) is 0 Å². The molecule has 0 aliphatic carbocycles. The van der Waals surface area contributed by atoms with Gasteiger partial charge in [0, 0.05) is 28.6 Å². The zero-order valence-corrected chi connectivity index (χ0v) is 15.3. The second kappa shape index (κ2) is 6.06. The molecule has 130 valence electrons. The Labute approximate surface area is 157 Å². The molecule has 3 nitrogen and oxygen atoms in total. The highest BCUT2D eigenvalue weighted by molar-refractivity contribution is 6.08. The summed E-state index contributed by atoms with van der Waals surface area (Å²) in [7, 11) is 2.08. The Morgan fingerprint density at radius 3 is 2.48 bits per heavy atom. The van der Waals surface area contributed by atoms with E-state index in [4.69, 9.17) is 4.42 Å². The molecule has 0 atom stereocenters. The van der Waals surface area contributed by atoms with E-state index in [2.05, 4.69) is 84.3 Å². The topological polar surface area (TPSA) is 29.9 Å². The van der Waals surface area contributed by atoms with Gasteiger partial charge in [0.2, 0.25) is 11.4 Å². The Morgan fingerprint density at radius 1 is 0.815 bits per heavy atom. The van der Waals surface area contributed by atoms with Crippen molar-refractivity contribution in [2.24, 2.45) is 7.05 Å². The van der Waals surface area contributed by atoms with Crippen molar-refractivity contribution < 1.29 is 8.98 Å². The monoisotopic (exact) mass is 351 g/mol. The van der Waals surface area contributed by atoms with Crippen LogP contribution in [0.2, 0.25) is 0 Å². The molecule has 0 fully saturated rings. The SMILES string of the molecule is Cc1ccc2c(oc3ncccc32)c1-c1ccc(-c2ccccc2)c[n+]1C. The number of nitrogens with zero attached hydrogens (tertiary/aromatic N) is 2. The number of benzene rings is 2. The highest BCUT2D eigenvalue weighted by Crippen LogP contribution is 2.36. The number of hydrogen-bond donors (Lipinski definition) is 0. The van der Waals surface area contributed by atoms with Crippen molar-refractivity contribution in [1.82, 2.24) is 4.98 Å². The fraction of sp³-hybridized carbons (Fsp3) is 0.0833. The molecule has 3 heteroatoms. The number of fused-ring (bicyclic) bond motifs is 3. The van der Waals surface area contributed by atoms with Crippen LogP contribution in [0.4, 0.5) is 0 Å². The Hall–Kier alpha value is -3.46. The van der Waals surface area contributed by atoms with Crippen molar-refractivity contribution >= 4 is 22.1 Å². The van der Waals surface area contributed by atoms with E-state index in [1.165, 1.54) is 16.7 Å². The van der Waals surface area contributed by atoms with E-state index >= 15 is 0 Å². The molecule has 0 saturated heterocycles. The molecule has 0 spiro atoms. The van der Waals surface area contributed by atoms with Crippen LogP contribution in [0.1, 0.15) is 5.56 Å². The largest absolute Gasteiger partial charge is 0.437 e. The summed E-state index contributed by atoms with van der Waals surface area (Å²) in [6.45, 7) is 2.13. The summed E-state index contributed by atoms with van der Waals surface area (Å²) in [6.07, 6.45) is 3.94. The van der Waals surface area contributed by atoms with Crippen molar-refractivity contribution in [1.29, 1.82) is 0 Å². The minimum atomic E-state index is 0.683. The molecule has 0 aliphatic rings. The number of rotatable bonds is 2. The van der Waals surface area contributed by atoms with Gasteiger partial charge in [-0.25, -0.2) is 9.55 Å². The molecule has 0 radical (unpaired) electrons. The molecule has 0 amide bonds. The van der Waals surface area contributed by atoms with E-state index in [1.807, 2.05) is 12.1 Å². The molecule has 27 heavy (non-hydrogen) atoms. The molecule has 5 aromatic rings. The predicted octanol–water partition coefficient (Wildman–Crippen LogP) is 5.45. The zero-order chi connectivity index (χ0) is 18.4. The predicted molar refractivity (Wildman–Crippen MR) is 108 cm³/mol. The van der Waals surface area contributed by atoms with Crippen LogP contribution in [0.5, 0.6) is 0 Å². The van der Waals surface area contributed by atoms with Gasteiger partial charge >= 0.3 is 0 Å². The number of pyridine rings is 2. The van der Waals surface area contributed by atoms with E-state index in [1.54, 1.807) is 6.20 Å². The summed E-state index contributed by atoms with van der Waals surface area (Å²) >= 11 is 0. The van der Waals surface area contributed by atoms with Gasteiger partial charge in [-0.2, -0.15) is 0 Å². The van der Waals surface area contributed by atoms with Crippen LogP contribution in [-0.2, 0) is 7.05 Å². The summed E-state index contributed by atoms with van der Waals surface area (Å²) in [5, 5.41) is 2.16. The molecule has 0 aliphatic heterocycles. The summed E-state index contributed by atoms with van der Waals surface area (Å²) in [4.78, 5) is 4.39. The Morgan fingerprint density at radius 2 is 1.67 bits per heavy atom. The average Bonchev–Trinajstić information content (AvgIpc) is 3.08. The fourth-order valence-corrected chi connectivity index (χ4v) is 3.76. The lowest BCUT2D eigenvalue weighted by atomic mass is 9.99. The second-order valence-electron chi connectivity index (χ2n) is 6.87. The van der Waals surface area contributed by atoms with Gasteiger partial charge < -0.3 is 4.42 Å². The van der Waals surface area contributed by atoms with E-state index in [-0.39, 0.29) is 0 Å². The molecule has 3 heterocycles. The van der Waals surface area contributed by atoms with E-state index in [0.29, 0.717) is 5.71 Å². The molecule has 0 saturated carbocycles. The van der Waals surface area contributed by atoms with Gasteiger partial charge in [-0.3, -0.25) is 0 Å². The maximum atomic E-state index is 6.16. The third kappa shape index (κ3) is 2.51. The normalized spacial score (nSPS) is 11.3. The number of aromatic nitrogens is 2. The Bertz CT molecular complexity index is 1290. The number of aryl methyl sites for hydroxylation is 2. The van der Waals surface area contributed by atoms with Crippen LogP contribution in [0.25, 0.3) is 44.5 Å². The van der Waals surface area contributed by atoms with Crippen LogP contribution in [0.15, 0.2) is 83.5 Å². The summed E-state index contributed by atoms with van der Waals surface area (Å²) in [5.74, 6) is 0. The first-order valence-electron chi connectivity index (χ1n) is 9.05. The van der Waals surface area contributed by atoms with Gasteiger partial charge in [-0.1, -0.05) is 42.5 Å². The summed E-state index contributed by atoms with van der Waals surface area (Å²) < 4.78 is 8.34. The van der Waals surface area contributed by atoms with Gasteiger partial charge in [0.25, 0.3) is 0 Å². The lowest BCUT2D eigenvalue weighted by Gasteiger charge is -2.07. The van der Waals surface area contributed by atoms with Crippen molar-refractivity contribution in [2.75, 3.05) is 0 Å². The third-order valence-corrected chi connectivity index (χ3v) is 5.12. The minimum absolute atomic E-state index is 0.683. The van der Waals surface area contributed by atoms with Gasteiger partial charge in [0.15, 0.2) is 11.8 Å². The molecular formula is C24H19N2O+. The molecule has 5 rings (SSSR count). The Balaban J connectivity index is 1.75. The number of hydrogen-bond acceptors (Lipinski definition) is 2. The minimum Gasteiger partial charge on any atom is -0.437 e.